The van der Waals surface area contributed by atoms with E-state index in [0.717, 1.165) is 5.56 Å². The zero-order chi connectivity index (χ0) is 10.7. The maximum Gasteiger partial charge on any atom is 0.313 e. The van der Waals surface area contributed by atoms with Crippen LogP contribution in [0.2, 0.25) is 0 Å². The summed E-state index contributed by atoms with van der Waals surface area (Å²) in [6, 6.07) is 6.94. The van der Waals surface area contributed by atoms with Gasteiger partial charge in [0, 0.05) is 0 Å². The molecule has 1 N–H and O–H groups in total. The highest BCUT2D eigenvalue weighted by molar-refractivity contribution is 5.76. The number of carbonyl (C=O) groups is 1. The van der Waals surface area contributed by atoms with Gasteiger partial charge >= 0.3 is 5.97 Å². The highest BCUT2D eigenvalue weighted by Crippen LogP contribution is 2.23. The minimum absolute atomic E-state index is 0.521. The molecule has 14 heavy (non-hydrogen) atoms. The molecule has 0 saturated carbocycles. The van der Waals surface area contributed by atoms with Gasteiger partial charge in [-0.1, -0.05) is 29.8 Å². The summed E-state index contributed by atoms with van der Waals surface area (Å²) in [7, 11) is 0. The van der Waals surface area contributed by atoms with Crippen LogP contribution in [0.1, 0.15) is 24.0 Å². The minimum atomic E-state index is -1.38. The van der Waals surface area contributed by atoms with E-state index in [0.29, 0.717) is 5.56 Å². The fourth-order valence-electron chi connectivity index (χ4n) is 1.47. The fraction of sp³-hybridized carbons (Fsp3) is 0.364. The standard InChI is InChI=1S/C11H13FO2/c1-7-4-3-5-9(6-7)10(8(2)12)11(13)14/h3-6,8,10H,1-2H3,(H,13,14). The molecule has 0 amide bonds. The Morgan fingerprint density at radius 2 is 2.14 bits per heavy atom. The number of aliphatic carboxylic acids is 1. The smallest absolute Gasteiger partial charge is 0.313 e. The number of aryl methyl sites for hydroxylation is 1. The largest absolute Gasteiger partial charge is 0.481 e. The minimum Gasteiger partial charge on any atom is -0.481 e. The molecular weight excluding hydrogens is 183 g/mol. The SMILES string of the molecule is Cc1cccc(C(C(=O)O)C(C)F)c1. The van der Waals surface area contributed by atoms with Crippen LogP contribution < -0.4 is 0 Å². The van der Waals surface area contributed by atoms with Gasteiger partial charge in [-0.15, -0.1) is 0 Å². The van der Waals surface area contributed by atoms with E-state index in [1.54, 1.807) is 18.2 Å². The molecule has 0 radical (unpaired) electrons. The van der Waals surface area contributed by atoms with Crippen molar-refractivity contribution in [2.45, 2.75) is 25.9 Å². The van der Waals surface area contributed by atoms with Gasteiger partial charge < -0.3 is 5.11 Å². The van der Waals surface area contributed by atoms with E-state index in [-0.39, 0.29) is 0 Å². The van der Waals surface area contributed by atoms with Gasteiger partial charge in [-0.3, -0.25) is 4.79 Å². The van der Waals surface area contributed by atoms with E-state index in [9.17, 15) is 9.18 Å². The van der Waals surface area contributed by atoms with Crippen LogP contribution >= 0.6 is 0 Å². The molecule has 0 spiro atoms. The first-order chi connectivity index (χ1) is 6.52. The maximum absolute atomic E-state index is 13.1. The predicted molar refractivity (Wildman–Crippen MR) is 52.1 cm³/mol. The molecule has 1 aromatic rings. The molecule has 0 aliphatic rings. The van der Waals surface area contributed by atoms with Crippen LogP contribution in [-0.4, -0.2) is 17.2 Å². The van der Waals surface area contributed by atoms with E-state index in [4.69, 9.17) is 5.11 Å². The molecule has 1 rings (SSSR count). The number of hydrogen-bond acceptors (Lipinski definition) is 1. The Labute approximate surface area is 82.4 Å². The van der Waals surface area contributed by atoms with Crippen molar-refractivity contribution < 1.29 is 14.3 Å². The van der Waals surface area contributed by atoms with Crippen LogP contribution in [0.4, 0.5) is 4.39 Å². The van der Waals surface area contributed by atoms with E-state index in [1.165, 1.54) is 6.92 Å². The van der Waals surface area contributed by atoms with Crippen molar-refractivity contribution in [3.8, 4) is 0 Å². The van der Waals surface area contributed by atoms with Crippen LogP contribution in [0.25, 0.3) is 0 Å². The van der Waals surface area contributed by atoms with Crippen molar-refractivity contribution >= 4 is 5.97 Å². The number of carboxylic acids is 1. The Kier molecular flexibility index (Phi) is 3.23. The molecule has 0 saturated heterocycles. The summed E-state index contributed by atoms with van der Waals surface area (Å²) in [6.45, 7) is 3.12. The van der Waals surface area contributed by atoms with E-state index < -0.39 is 18.1 Å². The molecular formula is C11H13FO2. The van der Waals surface area contributed by atoms with Gasteiger partial charge in [0.25, 0.3) is 0 Å². The van der Waals surface area contributed by atoms with Crippen LogP contribution in [0.15, 0.2) is 24.3 Å². The lowest BCUT2D eigenvalue weighted by molar-refractivity contribution is -0.140. The van der Waals surface area contributed by atoms with Crippen LogP contribution in [0.3, 0.4) is 0 Å². The van der Waals surface area contributed by atoms with Gasteiger partial charge in [0.05, 0.1) is 0 Å². The molecule has 0 bridgehead atoms. The summed E-state index contributed by atoms with van der Waals surface area (Å²) < 4.78 is 13.1. The highest BCUT2D eigenvalue weighted by atomic mass is 19.1. The van der Waals surface area contributed by atoms with Crippen molar-refractivity contribution in [1.29, 1.82) is 0 Å². The molecule has 0 aliphatic heterocycles. The Morgan fingerprint density at radius 1 is 1.50 bits per heavy atom. The summed E-state index contributed by atoms with van der Waals surface area (Å²) in [5.41, 5.74) is 1.46. The van der Waals surface area contributed by atoms with E-state index >= 15 is 0 Å². The zero-order valence-corrected chi connectivity index (χ0v) is 8.20. The molecule has 1 aromatic carbocycles. The second-order valence-electron chi connectivity index (χ2n) is 3.41. The van der Waals surface area contributed by atoms with Gasteiger partial charge in [-0.05, 0) is 19.4 Å². The lowest BCUT2D eigenvalue weighted by atomic mass is 9.94. The van der Waals surface area contributed by atoms with Gasteiger partial charge in [0.1, 0.15) is 12.1 Å². The Bertz CT molecular complexity index is 334. The first-order valence-electron chi connectivity index (χ1n) is 4.46. The molecule has 2 nitrogen and oxygen atoms in total. The Balaban J connectivity index is 3.05. The predicted octanol–water partition coefficient (Wildman–Crippen LogP) is 2.52. The Hall–Kier alpha value is -1.38. The van der Waals surface area contributed by atoms with Crippen molar-refractivity contribution in [2.24, 2.45) is 0 Å². The summed E-state index contributed by atoms with van der Waals surface area (Å²) in [5.74, 6) is -2.18. The number of rotatable bonds is 3. The molecule has 0 fully saturated rings. The second-order valence-corrected chi connectivity index (χ2v) is 3.41. The van der Waals surface area contributed by atoms with Crippen LogP contribution in [0, 0.1) is 6.92 Å². The topological polar surface area (TPSA) is 37.3 Å². The number of carboxylic acid groups (broad SMARTS) is 1. The quantitative estimate of drug-likeness (QED) is 0.806. The molecule has 2 atom stereocenters. The van der Waals surface area contributed by atoms with Crippen molar-refractivity contribution in [3.63, 3.8) is 0 Å². The number of alkyl halides is 1. The average Bonchev–Trinajstić information content (AvgIpc) is 2.02. The average molecular weight is 196 g/mol. The highest BCUT2D eigenvalue weighted by Gasteiger charge is 2.26. The number of benzene rings is 1. The van der Waals surface area contributed by atoms with Gasteiger partial charge in [-0.25, -0.2) is 4.39 Å². The third-order valence-corrected chi connectivity index (χ3v) is 2.13. The van der Waals surface area contributed by atoms with Gasteiger partial charge in [-0.2, -0.15) is 0 Å². The van der Waals surface area contributed by atoms with E-state index in [1.807, 2.05) is 13.0 Å². The third-order valence-electron chi connectivity index (χ3n) is 2.13. The number of halogens is 1. The van der Waals surface area contributed by atoms with Crippen molar-refractivity contribution in [3.05, 3.63) is 35.4 Å². The Morgan fingerprint density at radius 3 is 2.57 bits per heavy atom. The molecule has 0 heterocycles. The summed E-state index contributed by atoms with van der Waals surface area (Å²) in [6.07, 6.45) is -1.38. The van der Waals surface area contributed by atoms with Crippen molar-refractivity contribution in [2.75, 3.05) is 0 Å². The van der Waals surface area contributed by atoms with Gasteiger partial charge in [0.15, 0.2) is 0 Å². The summed E-state index contributed by atoms with van der Waals surface area (Å²) in [4.78, 5) is 10.8. The normalized spacial score (nSPS) is 14.8. The van der Waals surface area contributed by atoms with Crippen molar-refractivity contribution in [1.82, 2.24) is 0 Å². The molecule has 2 unspecified atom stereocenters. The van der Waals surface area contributed by atoms with Gasteiger partial charge in [0.2, 0.25) is 0 Å². The lowest BCUT2D eigenvalue weighted by Crippen LogP contribution is -2.20. The molecule has 76 valence electrons. The molecule has 0 aliphatic carbocycles. The number of hydrogen-bond donors (Lipinski definition) is 1. The fourth-order valence-corrected chi connectivity index (χ4v) is 1.47. The monoisotopic (exact) mass is 196 g/mol. The molecule has 0 aromatic heterocycles. The lowest BCUT2D eigenvalue weighted by Gasteiger charge is -2.14. The molecule has 3 heteroatoms. The zero-order valence-electron chi connectivity index (χ0n) is 8.20. The third kappa shape index (κ3) is 2.31. The van der Waals surface area contributed by atoms with E-state index in [2.05, 4.69) is 0 Å². The van der Waals surface area contributed by atoms with Crippen LogP contribution in [0.5, 0.6) is 0 Å². The first kappa shape index (κ1) is 10.7. The summed E-state index contributed by atoms with van der Waals surface area (Å²) >= 11 is 0. The van der Waals surface area contributed by atoms with Crippen LogP contribution in [-0.2, 0) is 4.79 Å². The first-order valence-corrected chi connectivity index (χ1v) is 4.46. The summed E-state index contributed by atoms with van der Waals surface area (Å²) in [5, 5.41) is 8.85. The maximum atomic E-state index is 13.1. The second kappa shape index (κ2) is 4.22.